The van der Waals surface area contributed by atoms with Gasteiger partial charge in [-0.15, -0.1) is 0 Å². The molecule has 0 heterocycles. The molecule has 1 aromatic rings. The normalized spacial score (nSPS) is 15.7. The summed E-state index contributed by atoms with van der Waals surface area (Å²) in [6.45, 7) is 5.01. The molecule has 4 heteroatoms. The second kappa shape index (κ2) is 7.39. The number of rotatable bonds is 5. The maximum absolute atomic E-state index is 14.0. The highest BCUT2D eigenvalue weighted by molar-refractivity contribution is 9.10. The van der Waals surface area contributed by atoms with Crippen LogP contribution in [0.2, 0.25) is 0 Å². The molecule has 0 saturated heterocycles. The smallest absolute Gasteiger partial charge is 0.257 e. The van der Waals surface area contributed by atoms with Crippen LogP contribution in [0, 0.1) is 11.7 Å². The Balaban J connectivity index is 2.21. The zero-order valence-corrected chi connectivity index (χ0v) is 14.3. The third-order valence-corrected chi connectivity index (χ3v) is 4.63. The van der Waals surface area contributed by atoms with E-state index in [0.29, 0.717) is 12.5 Å². The molecule has 0 atom stereocenters. The van der Waals surface area contributed by atoms with E-state index in [1.165, 1.54) is 6.07 Å². The Bertz CT molecular complexity index is 498. The van der Waals surface area contributed by atoms with Crippen molar-refractivity contribution in [2.45, 2.75) is 52.0 Å². The van der Waals surface area contributed by atoms with Crippen LogP contribution in [0.25, 0.3) is 0 Å². The van der Waals surface area contributed by atoms with Gasteiger partial charge in [0.05, 0.1) is 5.56 Å². The van der Waals surface area contributed by atoms with Gasteiger partial charge in [-0.3, -0.25) is 4.79 Å². The SMILES string of the molecule is CC(C)CCN(C(=O)c1cc(Br)ccc1F)C1CCCC1. The van der Waals surface area contributed by atoms with Crippen molar-refractivity contribution >= 4 is 21.8 Å². The Labute approximate surface area is 134 Å². The van der Waals surface area contributed by atoms with Crippen molar-refractivity contribution < 1.29 is 9.18 Å². The maximum atomic E-state index is 14.0. The van der Waals surface area contributed by atoms with Gasteiger partial charge >= 0.3 is 0 Å². The molecule has 2 nitrogen and oxygen atoms in total. The van der Waals surface area contributed by atoms with Crippen LogP contribution in [0.3, 0.4) is 0 Å². The fourth-order valence-electron chi connectivity index (χ4n) is 2.88. The molecule has 0 bridgehead atoms. The lowest BCUT2D eigenvalue weighted by Gasteiger charge is -2.30. The van der Waals surface area contributed by atoms with Crippen molar-refractivity contribution in [2.75, 3.05) is 6.54 Å². The summed E-state index contributed by atoms with van der Waals surface area (Å²) in [5, 5.41) is 0. The number of amides is 1. The van der Waals surface area contributed by atoms with E-state index in [2.05, 4.69) is 29.8 Å². The minimum Gasteiger partial charge on any atom is -0.336 e. The van der Waals surface area contributed by atoms with Crippen LogP contribution in [0.15, 0.2) is 22.7 Å². The molecule has 0 spiro atoms. The van der Waals surface area contributed by atoms with Crippen LogP contribution in [0.4, 0.5) is 4.39 Å². The van der Waals surface area contributed by atoms with Gasteiger partial charge in [0, 0.05) is 17.1 Å². The maximum Gasteiger partial charge on any atom is 0.257 e. The molecular weight excluding hydrogens is 333 g/mol. The zero-order valence-electron chi connectivity index (χ0n) is 12.7. The second-order valence-corrected chi connectivity index (χ2v) is 7.16. The number of carbonyl (C=O) groups is 1. The van der Waals surface area contributed by atoms with Crippen LogP contribution in [0.1, 0.15) is 56.3 Å². The number of carbonyl (C=O) groups excluding carboxylic acids is 1. The van der Waals surface area contributed by atoms with Crippen LogP contribution >= 0.6 is 15.9 Å². The molecule has 116 valence electrons. The molecule has 0 radical (unpaired) electrons. The minimum absolute atomic E-state index is 0.165. The van der Waals surface area contributed by atoms with Gasteiger partial charge in [-0.05, 0) is 43.4 Å². The summed E-state index contributed by atoms with van der Waals surface area (Å²) in [6.07, 6.45) is 5.37. The van der Waals surface area contributed by atoms with Crippen LogP contribution in [-0.2, 0) is 0 Å². The average molecular weight is 356 g/mol. The quantitative estimate of drug-likeness (QED) is 0.726. The predicted octanol–water partition coefficient (Wildman–Crippen LogP) is 5.02. The molecule has 1 aliphatic carbocycles. The Hall–Kier alpha value is -0.900. The van der Waals surface area contributed by atoms with Crippen molar-refractivity contribution in [3.8, 4) is 0 Å². The van der Waals surface area contributed by atoms with E-state index in [4.69, 9.17) is 0 Å². The summed E-state index contributed by atoms with van der Waals surface area (Å²) in [4.78, 5) is 14.7. The van der Waals surface area contributed by atoms with Crippen LogP contribution in [0.5, 0.6) is 0 Å². The summed E-state index contributed by atoms with van der Waals surface area (Å²) >= 11 is 3.32. The van der Waals surface area contributed by atoms with Crippen LogP contribution in [-0.4, -0.2) is 23.4 Å². The molecule has 2 rings (SSSR count). The Morgan fingerprint density at radius 2 is 2.05 bits per heavy atom. The van der Waals surface area contributed by atoms with Crippen molar-refractivity contribution in [3.63, 3.8) is 0 Å². The highest BCUT2D eigenvalue weighted by Crippen LogP contribution is 2.27. The first kappa shape index (κ1) is 16.5. The van der Waals surface area contributed by atoms with Gasteiger partial charge in [-0.1, -0.05) is 42.6 Å². The van der Waals surface area contributed by atoms with E-state index < -0.39 is 5.82 Å². The van der Waals surface area contributed by atoms with Crippen molar-refractivity contribution in [1.29, 1.82) is 0 Å². The Morgan fingerprint density at radius 1 is 1.38 bits per heavy atom. The third-order valence-electron chi connectivity index (χ3n) is 4.13. The van der Waals surface area contributed by atoms with Gasteiger partial charge in [0.2, 0.25) is 0 Å². The molecule has 1 amide bonds. The first-order valence-corrected chi connectivity index (χ1v) is 8.54. The lowest BCUT2D eigenvalue weighted by Crippen LogP contribution is -2.40. The number of hydrogen-bond acceptors (Lipinski definition) is 1. The number of halogens is 2. The number of nitrogens with zero attached hydrogens (tertiary/aromatic N) is 1. The Kier molecular flexibility index (Phi) is 5.80. The molecule has 0 N–H and O–H groups in total. The summed E-state index contributed by atoms with van der Waals surface area (Å²) in [7, 11) is 0. The third kappa shape index (κ3) is 4.29. The zero-order chi connectivity index (χ0) is 15.4. The van der Waals surface area contributed by atoms with Gasteiger partial charge in [-0.25, -0.2) is 4.39 Å². The van der Waals surface area contributed by atoms with Gasteiger partial charge in [0.15, 0.2) is 0 Å². The van der Waals surface area contributed by atoms with E-state index in [1.54, 1.807) is 12.1 Å². The highest BCUT2D eigenvalue weighted by atomic mass is 79.9. The van der Waals surface area contributed by atoms with E-state index in [1.807, 2.05) is 4.90 Å². The fraction of sp³-hybridized carbons (Fsp3) is 0.588. The van der Waals surface area contributed by atoms with E-state index in [9.17, 15) is 9.18 Å². The minimum atomic E-state index is -0.434. The topological polar surface area (TPSA) is 20.3 Å². The van der Waals surface area contributed by atoms with Crippen LogP contribution < -0.4 is 0 Å². The van der Waals surface area contributed by atoms with E-state index in [-0.39, 0.29) is 17.5 Å². The standard InChI is InChI=1S/C17H23BrFNO/c1-12(2)9-10-20(14-5-3-4-6-14)17(21)15-11-13(18)7-8-16(15)19/h7-8,11-12,14H,3-6,9-10H2,1-2H3. The molecule has 1 aromatic carbocycles. The average Bonchev–Trinajstić information content (AvgIpc) is 2.95. The van der Waals surface area contributed by atoms with Crippen molar-refractivity contribution in [2.24, 2.45) is 5.92 Å². The largest absolute Gasteiger partial charge is 0.336 e. The molecule has 1 saturated carbocycles. The van der Waals surface area contributed by atoms with Crippen molar-refractivity contribution in [3.05, 3.63) is 34.1 Å². The monoisotopic (exact) mass is 355 g/mol. The van der Waals surface area contributed by atoms with Gasteiger partial charge in [0.25, 0.3) is 5.91 Å². The number of hydrogen-bond donors (Lipinski definition) is 0. The molecule has 0 aromatic heterocycles. The summed E-state index contributed by atoms with van der Waals surface area (Å²) in [6, 6.07) is 4.84. The first-order chi connectivity index (χ1) is 9.99. The molecule has 1 fully saturated rings. The molecule has 0 unspecified atom stereocenters. The summed E-state index contributed by atoms with van der Waals surface area (Å²) in [5.74, 6) is -0.0637. The lowest BCUT2D eigenvalue weighted by molar-refractivity contribution is 0.0667. The molecular formula is C17H23BrFNO. The molecule has 21 heavy (non-hydrogen) atoms. The van der Waals surface area contributed by atoms with Gasteiger partial charge < -0.3 is 4.90 Å². The van der Waals surface area contributed by atoms with E-state index >= 15 is 0 Å². The fourth-order valence-corrected chi connectivity index (χ4v) is 3.24. The Morgan fingerprint density at radius 3 is 2.67 bits per heavy atom. The highest BCUT2D eigenvalue weighted by Gasteiger charge is 2.28. The molecule has 1 aliphatic rings. The van der Waals surface area contributed by atoms with E-state index in [0.717, 1.165) is 36.6 Å². The number of benzene rings is 1. The second-order valence-electron chi connectivity index (χ2n) is 6.24. The summed E-state index contributed by atoms with van der Waals surface area (Å²) in [5.41, 5.74) is 0.181. The van der Waals surface area contributed by atoms with Crippen molar-refractivity contribution in [1.82, 2.24) is 4.90 Å². The first-order valence-electron chi connectivity index (χ1n) is 7.75. The van der Waals surface area contributed by atoms with Gasteiger partial charge in [-0.2, -0.15) is 0 Å². The lowest BCUT2D eigenvalue weighted by atomic mass is 10.1. The molecule has 0 aliphatic heterocycles. The van der Waals surface area contributed by atoms with Gasteiger partial charge in [0.1, 0.15) is 5.82 Å². The summed E-state index contributed by atoms with van der Waals surface area (Å²) < 4.78 is 14.7. The predicted molar refractivity (Wildman–Crippen MR) is 86.8 cm³/mol.